The van der Waals surface area contributed by atoms with Gasteiger partial charge in [-0.2, -0.15) is 0 Å². The van der Waals surface area contributed by atoms with Crippen LogP contribution in [0.5, 0.6) is 17.2 Å². The number of carbonyl (C=O) groups excluding carboxylic acids is 3. The third kappa shape index (κ3) is 6.72. The van der Waals surface area contributed by atoms with Crippen molar-refractivity contribution in [3.8, 4) is 17.2 Å². The van der Waals surface area contributed by atoms with E-state index in [0.29, 0.717) is 34.3 Å². The van der Waals surface area contributed by atoms with Crippen LogP contribution in [-0.4, -0.2) is 41.8 Å². The molecule has 3 aromatic carbocycles. The number of halogens is 1. The van der Waals surface area contributed by atoms with Gasteiger partial charge < -0.3 is 14.2 Å². The molecule has 37 heavy (non-hydrogen) atoms. The quantitative estimate of drug-likeness (QED) is 0.178. The second-order valence-electron chi connectivity index (χ2n) is 8.03. The Morgan fingerprint density at radius 1 is 1.00 bits per heavy atom. The van der Waals surface area contributed by atoms with Gasteiger partial charge in [-0.3, -0.25) is 14.5 Å². The summed E-state index contributed by atoms with van der Waals surface area (Å²) in [5.41, 5.74) is 2.04. The fraction of sp³-hybridized carbons (Fsp3) is 0.179. The monoisotopic (exact) mass is 537 g/mol. The first-order valence-corrected chi connectivity index (χ1v) is 12.7. The first-order chi connectivity index (χ1) is 17.8. The predicted octanol–water partition coefficient (Wildman–Crippen LogP) is 6.38. The van der Waals surface area contributed by atoms with Gasteiger partial charge in [0.05, 0.1) is 23.6 Å². The van der Waals surface area contributed by atoms with E-state index in [1.54, 1.807) is 49.4 Å². The second kappa shape index (κ2) is 12.0. The molecule has 2 amide bonds. The van der Waals surface area contributed by atoms with Crippen LogP contribution in [0.3, 0.4) is 0 Å². The van der Waals surface area contributed by atoms with Gasteiger partial charge in [0.15, 0.2) is 11.5 Å². The molecular weight excluding hydrogens is 514 g/mol. The Balaban J connectivity index is 1.44. The molecule has 4 rings (SSSR count). The Kier molecular flexibility index (Phi) is 8.53. The van der Waals surface area contributed by atoms with E-state index in [2.05, 4.69) is 0 Å². The molecule has 0 spiro atoms. The van der Waals surface area contributed by atoms with Crippen LogP contribution in [0.1, 0.15) is 28.4 Å². The number of hydrogen-bond acceptors (Lipinski definition) is 7. The number of aryl methyl sites for hydroxylation is 1. The molecule has 0 aromatic heterocycles. The first-order valence-electron chi connectivity index (χ1n) is 11.5. The summed E-state index contributed by atoms with van der Waals surface area (Å²) in [5.74, 6) is 0.262. The van der Waals surface area contributed by atoms with Crippen molar-refractivity contribution in [2.45, 2.75) is 13.8 Å². The van der Waals surface area contributed by atoms with Crippen molar-refractivity contribution < 1.29 is 28.6 Å². The summed E-state index contributed by atoms with van der Waals surface area (Å²) < 4.78 is 16.8. The average Bonchev–Trinajstić information content (AvgIpc) is 3.14. The summed E-state index contributed by atoms with van der Waals surface area (Å²) in [4.78, 5) is 39.3. The molecule has 0 aliphatic carbocycles. The maximum Gasteiger partial charge on any atom is 0.343 e. The normalized spacial score (nSPS) is 14.2. The van der Waals surface area contributed by atoms with E-state index < -0.39 is 11.9 Å². The lowest BCUT2D eigenvalue weighted by Gasteiger charge is -2.13. The number of imide groups is 1. The fourth-order valence-electron chi connectivity index (χ4n) is 3.47. The van der Waals surface area contributed by atoms with Gasteiger partial charge in [0.2, 0.25) is 0 Å². The third-order valence-corrected chi connectivity index (χ3v) is 6.45. The zero-order valence-corrected chi connectivity index (χ0v) is 21.8. The molecule has 7 nitrogen and oxygen atoms in total. The fourth-order valence-corrected chi connectivity index (χ4v) is 4.53. The van der Waals surface area contributed by atoms with E-state index >= 15 is 0 Å². The summed E-state index contributed by atoms with van der Waals surface area (Å²) >= 11 is 6.83. The predicted molar refractivity (Wildman–Crippen MR) is 143 cm³/mol. The number of nitrogens with zero attached hydrogens (tertiary/aromatic N) is 1. The Bertz CT molecular complexity index is 1360. The highest BCUT2D eigenvalue weighted by molar-refractivity contribution is 8.18. The summed E-state index contributed by atoms with van der Waals surface area (Å²) in [5, 5.41) is 0.0614. The second-order valence-corrected chi connectivity index (χ2v) is 9.46. The third-order valence-electron chi connectivity index (χ3n) is 5.31. The van der Waals surface area contributed by atoms with Crippen LogP contribution in [0.15, 0.2) is 71.6 Å². The topological polar surface area (TPSA) is 82.1 Å². The highest BCUT2D eigenvalue weighted by Crippen LogP contribution is 2.35. The number of rotatable bonds is 9. The molecule has 0 atom stereocenters. The number of carbonyl (C=O) groups is 3. The molecule has 1 aliphatic rings. The molecular formula is C28H24ClNO6S. The number of ether oxygens (including phenoxy) is 3. The van der Waals surface area contributed by atoms with Gasteiger partial charge in [-0.05, 0) is 79.7 Å². The van der Waals surface area contributed by atoms with Crippen molar-refractivity contribution in [2.75, 3.05) is 19.8 Å². The van der Waals surface area contributed by atoms with E-state index in [1.807, 2.05) is 31.2 Å². The number of benzene rings is 3. The number of amides is 2. The van der Waals surface area contributed by atoms with Gasteiger partial charge in [0.25, 0.3) is 11.1 Å². The van der Waals surface area contributed by atoms with E-state index in [9.17, 15) is 14.4 Å². The largest absolute Gasteiger partial charge is 0.492 e. The van der Waals surface area contributed by atoms with Crippen LogP contribution in [0, 0.1) is 6.92 Å². The molecule has 0 radical (unpaired) electrons. The summed E-state index contributed by atoms with van der Waals surface area (Å²) in [6.07, 6.45) is 1.61. The van der Waals surface area contributed by atoms with Crippen LogP contribution >= 0.6 is 23.4 Å². The minimum Gasteiger partial charge on any atom is -0.492 e. The summed E-state index contributed by atoms with van der Waals surface area (Å²) in [7, 11) is 0. The van der Waals surface area contributed by atoms with E-state index in [-0.39, 0.29) is 29.0 Å². The van der Waals surface area contributed by atoms with Crippen LogP contribution in [0.4, 0.5) is 4.79 Å². The van der Waals surface area contributed by atoms with E-state index in [0.717, 1.165) is 22.2 Å². The lowest BCUT2D eigenvalue weighted by atomic mass is 10.1. The highest BCUT2D eigenvalue weighted by Gasteiger charge is 2.34. The Labute approximate surface area is 224 Å². The van der Waals surface area contributed by atoms with Crippen molar-refractivity contribution in [3.05, 3.63) is 93.3 Å². The molecule has 0 saturated carbocycles. The zero-order chi connectivity index (χ0) is 26.4. The van der Waals surface area contributed by atoms with Crippen molar-refractivity contribution in [1.82, 2.24) is 4.90 Å². The van der Waals surface area contributed by atoms with Crippen LogP contribution in [0.2, 0.25) is 5.02 Å². The number of hydrogen-bond donors (Lipinski definition) is 0. The van der Waals surface area contributed by atoms with Gasteiger partial charge in [-0.1, -0.05) is 41.4 Å². The van der Waals surface area contributed by atoms with Gasteiger partial charge in [0, 0.05) is 5.02 Å². The molecule has 190 valence electrons. The average molecular weight is 538 g/mol. The highest BCUT2D eigenvalue weighted by atomic mass is 35.5. The molecule has 3 aromatic rings. The molecule has 1 aliphatic heterocycles. The van der Waals surface area contributed by atoms with Crippen LogP contribution in [-0.2, 0) is 4.79 Å². The molecule has 1 fully saturated rings. The summed E-state index contributed by atoms with van der Waals surface area (Å²) in [6, 6.07) is 18.9. The number of esters is 1. The lowest BCUT2D eigenvalue weighted by molar-refractivity contribution is -0.123. The first kappa shape index (κ1) is 26.3. The minimum absolute atomic E-state index is 0.137. The Hall–Kier alpha value is -3.75. The zero-order valence-electron chi connectivity index (χ0n) is 20.2. The van der Waals surface area contributed by atoms with Crippen molar-refractivity contribution in [3.63, 3.8) is 0 Å². The molecule has 1 heterocycles. The van der Waals surface area contributed by atoms with Gasteiger partial charge >= 0.3 is 5.97 Å². The lowest BCUT2D eigenvalue weighted by Crippen LogP contribution is -2.32. The smallest absolute Gasteiger partial charge is 0.343 e. The van der Waals surface area contributed by atoms with Gasteiger partial charge in [-0.25, -0.2) is 4.79 Å². The minimum atomic E-state index is -0.579. The van der Waals surface area contributed by atoms with Crippen molar-refractivity contribution in [2.24, 2.45) is 0 Å². The van der Waals surface area contributed by atoms with Gasteiger partial charge in [0.1, 0.15) is 12.4 Å². The molecule has 0 bridgehead atoms. The van der Waals surface area contributed by atoms with E-state index in [1.165, 1.54) is 6.07 Å². The Morgan fingerprint density at radius 2 is 1.78 bits per heavy atom. The molecule has 1 saturated heterocycles. The SMILES string of the molecule is CCOc1cc(/C=C2\SC(=O)N(CCOc3ccc(C)cc3)C2=O)ccc1OC(=O)c1cccc(Cl)c1. The van der Waals surface area contributed by atoms with Crippen LogP contribution in [0.25, 0.3) is 6.08 Å². The van der Waals surface area contributed by atoms with Gasteiger partial charge in [-0.15, -0.1) is 0 Å². The standard InChI is InChI=1S/C28H24ClNO6S/c1-3-34-24-15-19(9-12-23(24)36-27(32)20-5-4-6-21(29)17-20)16-25-26(31)30(28(33)37-25)13-14-35-22-10-7-18(2)8-11-22/h4-12,15-17H,3,13-14H2,1-2H3/b25-16-. The maximum atomic E-state index is 12.9. The maximum absolute atomic E-state index is 12.9. The Morgan fingerprint density at radius 3 is 2.51 bits per heavy atom. The summed E-state index contributed by atoms with van der Waals surface area (Å²) in [6.45, 7) is 4.45. The van der Waals surface area contributed by atoms with Crippen molar-refractivity contribution in [1.29, 1.82) is 0 Å². The molecule has 0 N–H and O–H groups in total. The number of thioether (sulfide) groups is 1. The van der Waals surface area contributed by atoms with Crippen molar-refractivity contribution >= 4 is 46.6 Å². The molecule has 9 heteroatoms. The van der Waals surface area contributed by atoms with Crippen LogP contribution < -0.4 is 14.2 Å². The van der Waals surface area contributed by atoms with E-state index in [4.69, 9.17) is 25.8 Å². The molecule has 0 unspecified atom stereocenters.